The first-order valence-electron chi connectivity index (χ1n) is 4.43. The lowest BCUT2D eigenvalue weighted by atomic mass is 10.3. The van der Waals surface area contributed by atoms with E-state index in [4.69, 9.17) is 0 Å². The summed E-state index contributed by atoms with van der Waals surface area (Å²) in [6.07, 6.45) is -0.0528. The molecule has 8 nitrogen and oxygen atoms in total. The van der Waals surface area contributed by atoms with Crippen molar-refractivity contribution >= 4 is 30.2 Å². The van der Waals surface area contributed by atoms with E-state index >= 15 is 0 Å². The highest BCUT2D eigenvalue weighted by Crippen LogP contribution is 2.50. The van der Waals surface area contributed by atoms with Crippen LogP contribution in [0.1, 0.15) is 0 Å². The summed E-state index contributed by atoms with van der Waals surface area (Å²) in [6, 6.07) is 0. The topological polar surface area (TPSA) is 124 Å². The summed E-state index contributed by atoms with van der Waals surface area (Å²) in [5.74, 6) is -7.06. The Labute approximate surface area is 120 Å². The van der Waals surface area contributed by atoms with Gasteiger partial charge in [0.25, 0.3) is 10.0 Å². The molecule has 17 heteroatoms. The van der Waals surface area contributed by atoms with Gasteiger partial charge < -0.3 is 0 Å². The number of hydrogen-bond donors (Lipinski definition) is 1. The molecule has 134 valence electrons. The molecule has 0 bridgehead atoms. The van der Waals surface area contributed by atoms with Gasteiger partial charge in [-0.05, 0) is 0 Å². The largest absolute Gasteiger partial charge is 0.439 e. The Morgan fingerprint density at radius 3 is 1.45 bits per heavy atom. The first-order valence-corrected chi connectivity index (χ1v) is 9.22. The van der Waals surface area contributed by atoms with Gasteiger partial charge in [0.15, 0.2) is 0 Å². The van der Waals surface area contributed by atoms with Gasteiger partial charge in [-0.1, -0.05) is 0 Å². The molecule has 0 atom stereocenters. The highest BCUT2D eigenvalue weighted by Gasteiger charge is 2.82. The number of alkyl halides is 6. The van der Waals surface area contributed by atoms with Crippen molar-refractivity contribution in [2.45, 2.75) is 16.4 Å². The summed E-state index contributed by atoms with van der Waals surface area (Å²) >= 11 is 0. The van der Waals surface area contributed by atoms with Crippen LogP contribution in [0.2, 0.25) is 0 Å². The minimum absolute atomic E-state index is 0.0289. The van der Waals surface area contributed by atoms with Crippen LogP contribution in [0.3, 0.4) is 0 Å². The third-order valence-corrected chi connectivity index (χ3v) is 6.21. The van der Waals surface area contributed by atoms with Crippen molar-refractivity contribution in [3.8, 4) is 0 Å². The lowest BCUT2D eigenvalue weighted by Crippen LogP contribution is -2.63. The molecular formula is C5H7F6NO7S3. The molecule has 0 saturated carbocycles. The standard InChI is InChI=1S/C5H7F6NO7S3/c1-19-22(17,18)5(10,11)3(6,7)4(8,9)21(15,16)12-20(2,13)14/h12H,1-2H3. The van der Waals surface area contributed by atoms with Crippen molar-refractivity contribution in [3.05, 3.63) is 0 Å². The molecule has 0 aromatic carbocycles. The molecule has 0 unspecified atom stereocenters. The Morgan fingerprint density at radius 2 is 1.18 bits per heavy atom. The van der Waals surface area contributed by atoms with Crippen LogP contribution in [0.25, 0.3) is 0 Å². The van der Waals surface area contributed by atoms with Gasteiger partial charge >= 0.3 is 26.5 Å². The minimum Gasteiger partial charge on any atom is -0.269 e. The Hall–Kier alpha value is -0.650. The Balaban J connectivity index is 6.32. The molecule has 0 spiro atoms. The molecule has 0 aliphatic rings. The molecule has 0 rings (SSSR count). The van der Waals surface area contributed by atoms with Gasteiger partial charge in [0.05, 0.1) is 13.4 Å². The zero-order chi connectivity index (χ0) is 18.4. The van der Waals surface area contributed by atoms with Crippen LogP contribution in [-0.4, -0.2) is 55.1 Å². The molecule has 22 heavy (non-hydrogen) atoms. The van der Waals surface area contributed by atoms with E-state index in [0.29, 0.717) is 0 Å². The van der Waals surface area contributed by atoms with Crippen LogP contribution >= 0.6 is 0 Å². The fourth-order valence-electron chi connectivity index (χ4n) is 0.851. The highest BCUT2D eigenvalue weighted by atomic mass is 32.3. The molecule has 0 fully saturated rings. The van der Waals surface area contributed by atoms with Gasteiger partial charge in [0, 0.05) is 0 Å². The van der Waals surface area contributed by atoms with Crippen LogP contribution in [0.5, 0.6) is 0 Å². The number of halogens is 6. The number of sulfonamides is 2. The summed E-state index contributed by atoms with van der Waals surface area (Å²) in [5, 5.41) is -13.5. The van der Waals surface area contributed by atoms with E-state index in [1.54, 1.807) is 0 Å². The van der Waals surface area contributed by atoms with E-state index in [9.17, 15) is 51.6 Å². The molecule has 0 radical (unpaired) electrons. The molecule has 0 heterocycles. The Bertz CT molecular complexity index is 739. The van der Waals surface area contributed by atoms with E-state index in [1.807, 2.05) is 0 Å². The smallest absolute Gasteiger partial charge is 0.269 e. The molecule has 0 aromatic rings. The summed E-state index contributed by atoms with van der Waals surface area (Å²) in [7, 11) is -18.8. The van der Waals surface area contributed by atoms with Crippen LogP contribution in [-0.2, 0) is 34.3 Å². The van der Waals surface area contributed by atoms with E-state index in [1.165, 1.54) is 0 Å². The predicted octanol–water partition coefficient (Wildman–Crippen LogP) is -0.337. The average Bonchev–Trinajstić information content (AvgIpc) is 2.24. The second-order valence-electron chi connectivity index (χ2n) is 3.59. The van der Waals surface area contributed by atoms with Gasteiger partial charge in [0.1, 0.15) is 0 Å². The van der Waals surface area contributed by atoms with Crippen molar-refractivity contribution in [1.82, 2.24) is 4.13 Å². The van der Waals surface area contributed by atoms with Crippen LogP contribution < -0.4 is 4.13 Å². The maximum atomic E-state index is 13.2. The van der Waals surface area contributed by atoms with Crippen molar-refractivity contribution in [2.75, 3.05) is 13.4 Å². The molecule has 0 aliphatic heterocycles. The van der Waals surface area contributed by atoms with Gasteiger partial charge in [-0.3, -0.25) is 4.18 Å². The third-order valence-electron chi connectivity index (χ3n) is 1.86. The van der Waals surface area contributed by atoms with Crippen LogP contribution in [0, 0.1) is 0 Å². The first-order chi connectivity index (χ1) is 9.27. The fraction of sp³-hybridized carbons (Fsp3) is 1.00. The normalized spacial score (nSPS) is 15.8. The average molecular weight is 403 g/mol. The quantitative estimate of drug-likeness (QED) is 0.456. The van der Waals surface area contributed by atoms with Gasteiger partial charge in [-0.15, -0.1) is 4.13 Å². The van der Waals surface area contributed by atoms with Crippen LogP contribution in [0.4, 0.5) is 26.3 Å². The predicted molar refractivity (Wildman–Crippen MR) is 57.7 cm³/mol. The van der Waals surface area contributed by atoms with E-state index in [0.717, 1.165) is 0 Å². The number of hydrogen-bond acceptors (Lipinski definition) is 7. The summed E-state index contributed by atoms with van der Waals surface area (Å²) < 4.78 is 146. The van der Waals surface area contributed by atoms with E-state index < -0.39 is 46.6 Å². The summed E-state index contributed by atoms with van der Waals surface area (Å²) in [6.45, 7) is 0. The zero-order valence-corrected chi connectivity index (χ0v) is 12.8. The van der Waals surface area contributed by atoms with E-state index in [-0.39, 0.29) is 17.5 Å². The second kappa shape index (κ2) is 5.46. The van der Waals surface area contributed by atoms with E-state index in [2.05, 4.69) is 4.18 Å². The number of nitrogens with one attached hydrogen (secondary N) is 1. The molecule has 1 N–H and O–H groups in total. The van der Waals surface area contributed by atoms with Crippen molar-refractivity contribution < 1.29 is 55.8 Å². The minimum atomic E-state index is -7.06. The molecule has 0 aliphatic carbocycles. The highest BCUT2D eigenvalue weighted by molar-refractivity contribution is 8.04. The van der Waals surface area contributed by atoms with Crippen molar-refractivity contribution in [1.29, 1.82) is 0 Å². The SMILES string of the molecule is COS(=O)(=O)C(F)(F)C(F)(F)C(F)(F)S(=O)(=O)NS(C)(=O)=O. The molecular weight excluding hydrogens is 396 g/mol. The fourth-order valence-corrected chi connectivity index (χ4v) is 4.05. The van der Waals surface area contributed by atoms with Crippen LogP contribution in [0.15, 0.2) is 0 Å². The molecule has 0 amide bonds. The second-order valence-corrected chi connectivity index (χ2v) is 9.07. The van der Waals surface area contributed by atoms with Gasteiger partial charge in [0.2, 0.25) is 10.0 Å². The Morgan fingerprint density at radius 1 is 0.818 bits per heavy atom. The van der Waals surface area contributed by atoms with Gasteiger partial charge in [-0.25, -0.2) is 16.8 Å². The lowest BCUT2D eigenvalue weighted by molar-refractivity contribution is -0.246. The number of rotatable bonds is 7. The lowest BCUT2D eigenvalue weighted by Gasteiger charge is -2.30. The van der Waals surface area contributed by atoms with Crippen molar-refractivity contribution in [3.63, 3.8) is 0 Å². The maximum absolute atomic E-state index is 13.2. The first kappa shape index (κ1) is 21.4. The monoisotopic (exact) mass is 403 g/mol. The summed E-state index contributed by atoms with van der Waals surface area (Å²) in [5.41, 5.74) is 0. The zero-order valence-electron chi connectivity index (χ0n) is 10.4. The summed E-state index contributed by atoms with van der Waals surface area (Å²) in [4.78, 5) is 0. The van der Waals surface area contributed by atoms with Crippen molar-refractivity contribution in [2.24, 2.45) is 0 Å². The molecule has 0 saturated heterocycles. The third kappa shape index (κ3) is 3.31. The molecule has 0 aromatic heterocycles. The maximum Gasteiger partial charge on any atom is 0.439 e. The Kier molecular flexibility index (Phi) is 5.30. The van der Waals surface area contributed by atoms with Gasteiger partial charge in [-0.2, -0.15) is 34.8 Å².